The van der Waals surface area contributed by atoms with E-state index in [4.69, 9.17) is 4.98 Å². The lowest BCUT2D eigenvalue weighted by molar-refractivity contribution is -0.132. The molecule has 1 aliphatic heterocycles. The molecule has 1 N–H and O–H groups in total. The zero-order chi connectivity index (χ0) is 23.2. The average molecular weight is 447 g/mol. The number of carbonyl (C=O) groups excluding carboxylic acids is 1. The van der Waals surface area contributed by atoms with Crippen LogP contribution in [-0.4, -0.2) is 33.4 Å². The number of carboxylic acid groups (broad SMARTS) is 1. The van der Waals surface area contributed by atoms with Crippen molar-refractivity contribution in [1.29, 1.82) is 0 Å². The summed E-state index contributed by atoms with van der Waals surface area (Å²) in [6, 6.07) is 19.3. The Bertz CT molecular complexity index is 1120. The number of benzene rings is 2. The van der Waals surface area contributed by atoms with Crippen LogP contribution in [0.3, 0.4) is 0 Å². The van der Waals surface area contributed by atoms with Gasteiger partial charge in [-0.2, -0.15) is 0 Å². The van der Waals surface area contributed by atoms with Gasteiger partial charge in [-0.15, -0.1) is 0 Å². The van der Waals surface area contributed by atoms with Gasteiger partial charge in [0.05, 0.1) is 23.0 Å². The molecule has 4 rings (SSSR count). The first-order valence-electron chi connectivity index (χ1n) is 11.3. The zero-order valence-electron chi connectivity index (χ0n) is 18.4. The third-order valence-electron chi connectivity index (χ3n) is 6.17. The SMILES string of the molecule is O=C(O)c1ccc([C@@H]2CCCN2C(=O)CCc2ccccc2)nc1CCc1ccc(F)cc1. The van der Waals surface area contributed by atoms with Crippen LogP contribution in [0.4, 0.5) is 4.39 Å². The number of aromatic nitrogens is 1. The van der Waals surface area contributed by atoms with Crippen LogP contribution in [-0.2, 0) is 24.1 Å². The summed E-state index contributed by atoms with van der Waals surface area (Å²) in [4.78, 5) is 31.3. The van der Waals surface area contributed by atoms with Gasteiger partial charge in [0, 0.05) is 13.0 Å². The highest BCUT2D eigenvalue weighted by Gasteiger charge is 2.31. The number of halogens is 1. The first kappa shape index (κ1) is 22.6. The highest BCUT2D eigenvalue weighted by atomic mass is 19.1. The summed E-state index contributed by atoms with van der Waals surface area (Å²) >= 11 is 0. The first-order chi connectivity index (χ1) is 16.0. The number of rotatable bonds is 8. The summed E-state index contributed by atoms with van der Waals surface area (Å²) in [5, 5.41) is 9.62. The van der Waals surface area contributed by atoms with Crippen LogP contribution < -0.4 is 0 Å². The van der Waals surface area contributed by atoms with Crippen molar-refractivity contribution in [3.8, 4) is 0 Å². The Kier molecular flexibility index (Phi) is 7.13. The van der Waals surface area contributed by atoms with Crippen molar-refractivity contribution < 1.29 is 19.1 Å². The van der Waals surface area contributed by atoms with E-state index in [1.807, 2.05) is 35.2 Å². The van der Waals surface area contributed by atoms with Gasteiger partial charge in [0.1, 0.15) is 5.82 Å². The quantitative estimate of drug-likeness (QED) is 0.529. The number of hydrogen-bond acceptors (Lipinski definition) is 3. The van der Waals surface area contributed by atoms with Gasteiger partial charge in [0.15, 0.2) is 0 Å². The number of nitrogens with zero attached hydrogens (tertiary/aromatic N) is 2. The van der Waals surface area contributed by atoms with Crippen LogP contribution in [0, 0.1) is 5.82 Å². The van der Waals surface area contributed by atoms with Crippen LogP contribution in [0.25, 0.3) is 0 Å². The van der Waals surface area contributed by atoms with E-state index >= 15 is 0 Å². The lowest BCUT2D eigenvalue weighted by Crippen LogP contribution is -2.31. The van der Waals surface area contributed by atoms with Gasteiger partial charge in [-0.1, -0.05) is 42.5 Å². The minimum Gasteiger partial charge on any atom is -0.478 e. The number of hydrogen-bond donors (Lipinski definition) is 1. The number of aryl methyl sites for hydroxylation is 3. The first-order valence-corrected chi connectivity index (χ1v) is 11.3. The Morgan fingerprint density at radius 2 is 1.67 bits per heavy atom. The van der Waals surface area contributed by atoms with E-state index in [9.17, 15) is 19.1 Å². The maximum absolute atomic E-state index is 13.2. The number of likely N-dealkylation sites (tertiary alicyclic amines) is 1. The van der Waals surface area contributed by atoms with Crippen molar-refractivity contribution in [3.63, 3.8) is 0 Å². The zero-order valence-corrected chi connectivity index (χ0v) is 18.4. The van der Waals surface area contributed by atoms with Gasteiger partial charge in [-0.3, -0.25) is 9.78 Å². The van der Waals surface area contributed by atoms with Crippen molar-refractivity contribution >= 4 is 11.9 Å². The second-order valence-corrected chi connectivity index (χ2v) is 8.39. The Morgan fingerprint density at radius 3 is 2.39 bits per heavy atom. The molecule has 2 heterocycles. The van der Waals surface area contributed by atoms with Crippen molar-refractivity contribution in [2.24, 2.45) is 0 Å². The molecule has 0 aliphatic carbocycles. The number of pyridine rings is 1. The Balaban J connectivity index is 1.49. The summed E-state index contributed by atoms with van der Waals surface area (Å²) in [6.45, 7) is 0.686. The van der Waals surface area contributed by atoms with Crippen LogP contribution in [0.1, 0.15) is 58.2 Å². The normalized spacial score (nSPS) is 15.5. The van der Waals surface area contributed by atoms with Gasteiger partial charge in [0.25, 0.3) is 0 Å². The van der Waals surface area contributed by atoms with Crippen LogP contribution >= 0.6 is 0 Å². The van der Waals surface area contributed by atoms with Crippen LogP contribution in [0.15, 0.2) is 66.7 Å². The van der Waals surface area contributed by atoms with Crippen molar-refractivity contribution in [1.82, 2.24) is 9.88 Å². The number of carbonyl (C=O) groups is 2. The van der Waals surface area contributed by atoms with Crippen molar-refractivity contribution in [2.45, 2.75) is 44.6 Å². The molecular weight excluding hydrogens is 419 g/mol. The molecule has 6 heteroatoms. The number of amides is 1. The molecule has 0 spiro atoms. The summed E-state index contributed by atoms with van der Waals surface area (Å²) < 4.78 is 13.2. The van der Waals surface area contributed by atoms with Crippen LogP contribution in [0.5, 0.6) is 0 Å². The minimum absolute atomic E-state index is 0.0957. The number of aromatic carboxylic acids is 1. The van der Waals surface area contributed by atoms with Gasteiger partial charge in [-0.25, -0.2) is 9.18 Å². The van der Waals surface area contributed by atoms with Crippen molar-refractivity contribution in [2.75, 3.05) is 6.54 Å². The molecule has 1 fully saturated rings. The molecule has 1 aliphatic rings. The summed E-state index contributed by atoms with van der Waals surface area (Å²) in [7, 11) is 0. The summed E-state index contributed by atoms with van der Waals surface area (Å²) in [6.07, 6.45) is 3.82. The summed E-state index contributed by atoms with van der Waals surface area (Å²) in [5.74, 6) is -1.23. The fourth-order valence-electron chi connectivity index (χ4n) is 4.42. The van der Waals surface area contributed by atoms with E-state index < -0.39 is 5.97 Å². The monoisotopic (exact) mass is 446 g/mol. The third kappa shape index (κ3) is 5.64. The fourth-order valence-corrected chi connectivity index (χ4v) is 4.42. The maximum atomic E-state index is 13.2. The topological polar surface area (TPSA) is 70.5 Å². The van der Waals surface area contributed by atoms with E-state index in [0.29, 0.717) is 37.9 Å². The van der Waals surface area contributed by atoms with E-state index in [0.717, 1.165) is 29.7 Å². The molecule has 170 valence electrons. The molecule has 0 unspecified atom stereocenters. The largest absolute Gasteiger partial charge is 0.478 e. The molecule has 0 bridgehead atoms. The molecule has 1 amide bonds. The lowest BCUT2D eigenvalue weighted by atomic mass is 10.0. The predicted molar refractivity (Wildman–Crippen MR) is 123 cm³/mol. The van der Waals surface area contributed by atoms with Gasteiger partial charge in [0.2, 0.25) is 5.91 Å². The second-order valence-electron chi connectivity index (χ2n) is 8.39. The van der Waals surface area contributed by atoms with E-state index in [1.54, 1.807) is 24.3 Å². The van der Waals surface area contributed by atoms with Crippen LogP contribution in [0.2, 0.25) is 0 Å². The molecule has 0 radical (unpaired) electrons. The van der Waals surface area contributed by atoms with E-state index in [-0.39, 0.29) is 23.3 Å². The molecule has 1 aromatic heterocycles. The van der Waals surface area contributed by atoms with Crippen molar-refractivity contribution in [3.05, 3.63) is 101 Å². The molecular formula is C27H27FN2O3. The van der Waals surface area contributed by atoms with E-state index in [1.165, 1.54) is 12.1 Å². The van der Waals surface area contributed by atoms with Gasteiger partial charge >= 0.3 is 5.97 Å². The minimum atomic E-state index is -1.02. The molecule has 1 saturated heterocycles. The molecule has 1 atom stereocenters. The lowest BCUT2D eigenvalue weighted by Gasteiger charge is -2.25. The average Bonchev–Trinajstić information content (AvgIpc) is 3.33. The smallest absolute Gasteiger partial charge is 0.337 e. The highest BCUT2D eigenvalue weighted by Crippen LogP contribution is 2.32. The summed E-state index contributed by atoms with van der Waals surface area (Å²) in [5.41, 5.74) is 3.44. The standard InChI is InChI=1S/C27H27FN2O3/c28-21-12-8-20(9-13-21)10-15-23-22(27(32)33)14-16-24(29-23)25-7-4-18-30(25)26(31)17-11-19-5-2-1-3-6-19/h1-3,5-6,8-9,12-14,16,25H,4,7,10-11,15,17-18H2,(H,32,33)/t25-/m0/s1. The van der Waals surface area contributed by atoms with Gasteiger partial charge in [-0.05, 0) is 67.5 Å². The Morgan fingerprint density at radius 1 is 0.939 bits per heavy atom. The maximum Gasteiger partial charge on any atom is 0.337 e. The fraction of sp³-hybridized carbons (Fsp3) is 0.296. The molecule has 0 saturated carbocycles. The van der Waals surface area contributed by atoms with E-state index in [2.05, 4.69) is 0 Å². The van der Waals surface area contributed by atoms with Gasteiger partial charge < -0.3 is 10.0 Å². The molecule has 33 heavy (non-hydrogen) atoms. The molecule has 5 nitrogen and oxygen atoms in total. The predicted octanol–water partition coefficient (Wildman–Crippen LogP) is 5.00. The highest BCUT2D eigenvalue weighted by molar-refractivity contribution is 5.88. The Hall–Kier alpha value is -3.54. The molecule has 3 aromatic rings. The third-order valence-corrected chi connectivity index (χ3v) is 6.17. The number of carboxylic acids is 1. The second kappa shape index (κ2) is 10.4. The Labute approximate surface area is 192 Å². The molecule has 2 aromatic carbocycles.